The van der Waals surface area contributed by atoms with E-state index in [1.807, 2.05) is 0 Å². The predicted molar refractivity (Wildman–Crippen MR) is 69.3 cm³/mol. The van der Waals surface area contributed by atoms with Gasteiger partial charge in [0.05, 0.1) is 16.9 Å². The van der Waals surface area contributed by atoms with Gasteiger partial charge < -0.3 is 19.9 Å². The molecule has 1 heterocycles. The normalized spacial score (nSPS) is 14.6. The maximum absolute atomic E-state index is 10.8. The number of fused-ring (bicyclic) bond motifs is 1. The van der Waals surface area contributed by atoms with Crippen LogP contribution < -0.4 is 14.8 Å². The molecule has 0 radical (unpaired) electrons. The van der Waals surface area contributed by atoms with Crippen molar-refractivity contribution in [3.05, 3.63) is 22.2 Å². The highest BCUT2D eigenvalue weighted by Crippen LogP contribution is 2.40. The van der Waals surface area contributed by atoms with Gasteiger partial charge in [0.15, 0.2) is 11.5 Å². The second-order valence-corrected chi connectivity index (χ2v) is 4.82. The van der Waals surface area contributed by atoms with E-state index in [-0.39, 0.29) is 6.42 Å². The summed E-state index contributed by atoms with van der Waals surface area (Å²) in [6, 6.07) is 2.79. The second kappa shape index (κ2) is 5.92. The van der Waals surface area contributed by atoms with E-state index < -0.39 is 12.0 Å². The molecule has 1 amide bonds. The highest BCUT2D eigenvalue weighted by atomic mass is 79.9. The van der Waals surface area contributed by atoms with Crippen molar-refractivity contribution in [1.82, 2.24) is 5.32 Å². The van der Waals surface area contributed by atoms with Crippen LogP contribution in [0.25, 0.3) is 0 Å². The largest absolute Gasteiger partial charge is 0.486 e. The van der Waals surface area contributed by atoms with Gasteiger partial charge >= 0.3 is 5.97 Å². The highest BCUT2D eigenvalue weighted by Gasteiger charge is 2.21. The maximum atomic E-state index is 10.8. The minimum atomic E-state index is -0.995. The molecule has 1 aliphatic heterocycles. The van der Waals surface area contributed by atoms with Crippen molar-refractivity contribution in [2.45, 2.75) is 12.5 Å². The lowest BCUT2D eigenvalue weighted by molar-refractivity contribution is -0.137. The number of aliphatic carboxylic acids is 1. The minimum Gasteiger partial charge on any atom is -0.486 e. The Labute approximate surface area is 117 Å². The summed E-state index contributed by atoms with van der Waals surface area (Å²) in [7, 11) is 0. The molecule has 19 heavy (non-hydrogen) atoms. The third kappa shape index (κ3) is 3.17. The molecular formula is C12H12BrNO5. The molecule has 0 fully saturated rings. The molecule has 0 spiro atoms. The summed E-state index contributed by atoms with van der Waals surface area (Å²) in [5, 5.41) is 11.3. The van der Waals surface area contributed by atoms with Crippen molar-refractivity contribution >= 4 is 28.3 Å². The van der Waals surface area contributed by atoms with Gasteiger partial charge in [-0.1, -0.05) is 0 Å². The molecule has 102 valence electrons. The van der Waals surface area contributed by atoms with E-state index in [1.165, 1.54) is 0 Å². The zero-order valence-corrected chi connectivity index (χ0v) is 11.5. The van der Waals surface area contributed by atoms with Crippen molar-refractivity contribution in [3.8, 4) is 11.5 Å². The Balaban J connectivity index is 2.34. The predicted octanol–water partition coefficient (Wildman–Crippen LogP) is 1.48. The van der Waals surface area contributed by atoms with Crippen molar-refractivity contribution in [3.63, 3.8) is 0 Å². The zero-order chi connectivity index (χ0) is 13.8. The quantitative estimate of drug-likeness (QED) is 0.799. The summed E-state index contributed by atoms with van der Waals surface area (Å²) in [5.41, 5.74) is 0.644. The number of carboxylic acids is 1. The summed E-state index contributed by atoms with van der Waals surface area (Å²) in [6.45, 7) is 0.906. The van der Waals surface area contributed by atoms with E-state index in [0.717, 1.165) is 0 Å². The van der Waals surface area contributed by atoms with Gasteiger partial charge in [-0.2, -0.15) is 0 Å². The number of carbonyl (C=O) groups is 2. The zero-order valence-electron chi connectivity index (χ0n) is 9.89. The SMILES string of the molecule is O=CN[C@H](CC(=O)O)c1cc(Br)c2c(c1)OCCO2. The molecule has 0 saturated heterocycles. The number of carbonyl (C=O) groups excluding carboxylic acids is 1. The molecule has 2 rings (SSSR count). The Morgan fingerprint density at radius 2 is 2.21 bits per heavy atom. The molecule has 1 atom stereocenters. The smallest absolute Gasteiger partial charge is 0.305 e. The fourth-order valence-electron chi connectivity index (χ4n) is 1.86. The van der Waals surface area contributed by atoms with Gasteiger partial charge in [-0.15, -0.1) is 0 Å². The van der Waals surface area contributed by atoms with Gasteiger partial charge in [0.1, 0.15) is 13.2 Å². The number of benzene rings is 1. The first kappa shape index (κ1) is 13.7. The molecule has 6 nitrogen and oxygen atoms in total. The molecule has 0 bridgehead atoms. The number of halogens is 1. The summed E-state index contributed by atoms with van der Waals surface area (Å²) >= 11 is 3.35. The third-order valence-corrected chi connectivity index (χ3v) is 3.26. The Morgan fingerprint density at radius 3 is 2.89 bits per heavy atom. The minimum absolute atomic E-state index is 0.204. The fourth-order valence-corrected chi connectivity index (χ4v) is 2.44. The van der Waals surface area contributed by atoms with E-state index in [1.54, 1.807) is 12.1 Å². The van der Waals surface area contributed by atoms with E-state index >= 15 is 0 Å². The standard InChI is InChI=1S/C12H12BrNO5/c13-8-3-7(9(14-6-15)5-11(16)17)4-10-12(8)19-2-1-18-10/h3-4,6,9H,1-2,5H2,(H,14,15)(H,16,17)/t9-/m1/s1. The van der Waals surface area contributed by atoms with Gasteiger partial charge in [-0.25, -0.2) is 0 Å². The van der Waals surface area contributed by atoms with Gasteiger partial charge in [-0.05, 0) is 33.6 Å². The number of hydrogen-bond acceptors (Lipinski definition) is 4. The number of rotatable bonds is 5. The number of nitrogens with one attached hydrogen (secondary N) is 1. The molecule has 2 N–H and O–H groups in total. The van der Waals surface area contributed by atoms with Crippen molar-refractivity contribution < 1.29 is 24.2 Å². The number of hydrogen-bond donors (Lipinski definition) is 2. The maximum Gasteiger partial charge on any atom is 0.305 e. The van der Waals surface area contributed by atoms with Crippen molar-refractivity contribution in [1.29, 1.82) is 0 Å². The molecule has 0 aromatic heterocycles. The van der Waals surface area contributed by atoms with E-state index in [0.29, 0.717) is 41.2 Å². The number of ether oxygens (including phenoxy) is 2. The fraction of sp³-hybridized carbons (Fsp3) is 0.333. The van der Waals surface area contributed by atoms with E-state index in [9.17, 15) is 9.59 Å². The third-order valence-electron chi connectivity index (χ3n) is 2.67. The Hall–Kier alpha value is -1.76. The van der Waals surface area contributed by atoms with Gasteiger partial charge in [0.2, 0.25) is 6.41 Å². The number of carboxylic acid groups (broad SMARTS) is 1. The first-order valence-corrected chi connectivity index (χ1v) is 6.41. The first-order valence-electron chi connectivity index (χ1n) is 5.62. The Morgan fingerprint density at radius 1 is 1.47 bits per heavy atom. The molecule has 0 saturated carbocycles. The number of amides is 1. The van der Waals surface area contributed by atoms with Crippen LogP contribution in [0.1, 0.15) is 18.0 Å². The van der Waals surface area contributed by atoms with Crippen LogP contribution in [-0.2, 0) is 9.59 Å². The summed E-state index contributed by atoms with van der Waals surface area (Å²) < 4.78 is 11.6. The molecule has 0 unspecified atom stereocenters. The average Bonchev–Trinajstić information content (AvgIpc) is 2.38. The van der Waals surface area contributed by atoms with Crippen molar-refractivity contribution in [2.24, 2.45) is 0 Å². The van der Waals surface area contributed by atoms with E-state index in [2.05, 4.69) is 21.2 Å². The van der Waals surface area contributed by atoms with Crippen LogP contribution in [0.3, 0.4) is 0 Å². The Bertz CT molecular complexity index is 505. The molecule has 7 heteroatoms. The Kier molecular flexibility index (Phi) is 4.26. The van der Waals surface area contributed by atoms with Crippen LogP contribution >= 0.6 is 15.9 Å². The van der Waals surface area contributed by atoms with E-state index in [4.69, 9.17) is 14.6 Å². The monoisotopic (exact) mass is 329 g/mol. The average molecular weight is 330 g/mol. The van der Waals surface area contributed by atoms with Gasteiger partial charge in [0.25, 0.3) is 0 Å². The molecule has 0 aliphatic carbocycles. The van der Waals surface area contributed by atoms with Crippen LogP contribution in [0.5, 0.6) is 11.5 Å². The first-order chi connectivity index (χ1) is 9.11. The van der Waals surface area contributed by atoms with Crippen LogP contribution in [0.4, 0.5) is 0 Å². The van der Waals surface area contributed by atoms with Gasteiger partial charge in [0, 0.05) is 0 Å². The molecular weight excluding hydrogens is 318 g/mol. The molecule has 1 aromatic rings. The lowest BCUT2D eigenvalue weighted by Gasteiger charge is -2.22. The summed E-state index contributed by atoms with van der Waals surface area (Å²) in [6.07, 6.45) is 0.281. The van der Waals surface area contributed by atoms with Crippen molar-refractivity contribution in [2.75, 3.05) is 13.2 Å². The highest BCUT2D eigenvalue weighted by molar-refractivity contribution is 9.10. The lowest BCUT2D eigenvalue weighted by atomic mass is 10.0. The molecule has 1 aliphatic rings. The van der Waals surface area contributed by atoms with Crippen LogP contribution in [0, 0.1) is 0 Å². The topological polar surface area (TPSA) is 84.9 Å². The van der Waals surface area contributed by atoms with Crippen LogP contribution in [0.2, 0.25) is 0 Å². The summed E-state index contributed by atoms with van der Waals surface area (Å²) in [5.74, 6) is 0.138. The van der Waals surface area contributed by atoms with Crippen LogP contribution in [-0.4, -0.2) is 30.7 Å². The second-order valence-electron chi connectivity index (χ2n) is 3.96. The lowest BCUT2D eigenvalue weighted by Crippen LogP contribution is -2.23. The van der Waals surface area contributed by atoms with Gasteiger partial charge in [-0.3, -0.25) is 9.59 Å². The summed E-state index contributed by atoms with van der Waals surface area (Å²) in [4.78, 5) is 21.4. The molecule has 1 aromatic carbocycles. The van der Waals surface area contributed by atoms with Crippen LogP contribution in [0.15, 0.2) is 16.6 Å².